The van der Waals surface area contributed by atoms with Crippen molar-refractivity contribution in [2.24, 2.45) is 0 Å². The lowest BCUT2D eigenvalue weighted by Gasteiger charge is -2.28. The maximum atomic E-state index is 10.9. The van der Waals surface area contributed by atoms with Crippen molar-refractivity contribution in [3.05, 3.63) is 70.7 Å². The highest BCUT2D eigenvalue weighted by Crippen LogP contribution is 2.25. The standard InChI is InChI=1S/C24H26N8O3.C2HF3O2/c25-23-21(32(33)34)8-5-18(28-23)2-1-9-27-24-29-20(16-22-26-10-11-31(22)24)17-3-6-19(7-4-17)30-12-14-35-15-13-30;3-2(4,5)1(6)7/h3-8,10-11,16H,1-2,9,12-15H2,(H2,25,28)(H,27,29);(H,6,7). The van der Waals surface area contributed by atoms with Crippen LogP contribution in [0, 0.1) is 10.1 Å². The Morgan fingerprint density at radius 2 is 1.83 bits per heavy atom. The first-order valence-corrected chi connectivity index (χ1v) is 12.7. The van der Waals surface area contributed by atoms with Crippen LogP contribution in [0.2, 0.25) is 0 Å². The van der Waals surface area contributed by atoms with Crippen molar-refractivity contribution in [2.75, 3.05) is 48.8 Å². The Morgan fingerprint density at radius 1 is 1.14 bits per heavy atom. The zero-order valence-corrected chi connectivity index (χ0v) is 22.1. The first kappa shape index (κ1) is 30.0. The fraction of sp³-hybridized carbons (Fsp3) is 0.308. The van der Waals surface area contributed by atoms with Gasteiger partial charge in [-0.1, -0.05) is 12.1 Å². The first-order chi connectivity index (χ1) is 20.0. The van der Waals surface area contributed by atoms with E-state index in [2.05, 4.69) is 44.5 Å². The van der Waals surface area contributed by atoms with Gasteiger partial charge < -0.3 is 25.8 Å². The van der Waals surface area contributed by atoms with Gasteiger partial charge in [0, 0.05) is 61.1 Å². The molecule has 1 saturated heterocycles. The van der Waals surface area contributed by atoms with Crippen LogP contribution >= 0.6 is 0 Å². The van der Waals surface area contributed by atoms with Crippen molar-refractivity contribution in [1.29, 1.82) is 0 Å². The number of ether oxygens (including phenoxy) is 1. The molecule has 0 radical (unpaired) electrons. The number of halogens is 3. The number of anilines is 3. The van der Waals surface area contributed by atoms with Gasteiger partial charge in [-0.15, -0.1) is 0 Å². The van der Waals surface area contributed by atoms with Crippen molar-refractivity contribution in [2.45, 2.75) is 19.0 Å². The van der Waals surface area contributed by atoms with Gasteiger partial charge in [0.25, 0.3) is 0 Å². The molecule has 1 fully saturated rings. The van der Waals surface area contributed by atoms with Crippen LogP contribution in [0.25, 0.3) is 16.9 Å². The predicted molar refractivity (Wildman–Crippen MR) is 147 cm³/mol. The van der Waals surface area contributed by atoms with Gasteiger partial charge in [0.15, 0.2) is 0 Å². The van der Waals surface area contributed by atoms with Gasteiger partial charge in [-0.05, 0) is 31.0 Å². The summed E-state index contributed by atoms with van der Waals surface area (Å²) in [6.07, 6.45) is -0.0861. The van der Waals surface area contributed by atoms with Gasteiger partial charge in [-0.3, -0.25) is 14.5 Å². The minimum atomic E-state index is -5.08. The molecule has 3 aromatic heterocycles. The van der Waals surface area contributed by atoms with E-state index in [9.17, 15) is 23.3 Å². The van der Waals surface area contributed by atoms with Gasteiger partial charge in [0.05, 0.1) is 23.8 Å². The molecule has 0 amide bonds. The normalized spacial score (nSPS) is 13.4. The van der Waals surface area contributed by atoms with Crippen molar-refractivity contribution >= 4 is 34.8 Å². The predicted octanol–water partition coefficient (Wildman–Crippen LogP) is 3.80. The number of benzene rings is 1. The number of nitrogens with one attached hydrogen (secondary N) is 1. The minimum absolute atomic E-state index is 0.0606. The largest absolute Gasteiger partial charge is 0.490 e. The number of pyridine rings is 1. The average molecular weight is 589 g/mol. The number of fused-ring (bicyclic) bond motifs is 1. The zero-order chi connectivity index (χ0) is 30.3. The number of carboxylic acid groups (broad SMARTS) is 1. The third-order valence-electron chi connectivity index (χ3n) is 6.22. The van der Waals surface area contributed by atoms with Crippen LogP contribution in [0.3, 0.4) is 0 Å². The fourth-order valence-electron chi connectivity index (χ4n) is 4.13. The molecular weight excluding hydrogens is 561 g/mol. The van der Waals surface area contributed by atoms with Crippen molar-refractivity contribution < 1.29 is 32.7 Å². The van der Waals surface area contributed by atoms with Crippen LogP contribution in [0.5, 0.6) is 0 Å². The van der Waals surface area contributed by atoms with E-state index in [4.69, 9.17) is 25.4 Å². The van der Waals surface area contributed by atoms with E-state index in [1.54, 1.807) is 12.3 Å². The van der Waals surface area contributed by atoms with Gasteiger partial charge in [0.2, 0.25) is 11.8 Å². The number of hydrogen-bond donors (Lipinski definition) is 3. The summed E-state index contributed by atoms with van der Waals surface area (Å²) < 4.78 is 39.1. The summed E-state index contributed by atoms with van der Waals surface area (Å²) in [7, 11) is 0. The Bertz CT molecular complexity index is 1540. The molecule has 0 aliphatic carbocycles. The second-order valence-corrected chi connectivity index (χ2v) is 9.06. The molecule has 42 heavy (non-hydrogen) atoms. The second-order valence-electron chi connectivity index (χ2n) is 9.06. The van der Waals surface area contributed by atoms with Crippen molar-refractivity contribution in [1.82, 2.24) is 19.4 Å². The first-order valence-electron chi connectivity index (χ1n) is 12.7. The molecule has 0 unspecified atom stereocenters. The van der Waals surface area contributed by atoms with Gasteiger partial charge in [-0.25, -0.2) is 19.7 Å². The Balaban J connectivity index is 0.000000517. The summed E-state index contributed by atoms with van der Waals surface area (Å²) in [5.41, 5.74) is 10.1. The van der Waals surface area contributed by atoms with E-state index in [-0.39, 0.29) is 11.5 Å². The number of imidazole rings is 1. The van der Waals surface area contributed by atoms with Crippen LogP contribution in [0.15, 0.2) is 54.9 Å². The number of morpholine rings is 1. The van der Waals surface area contributed by atoms with E-state index in [0.717, 1.165) is 49.6 Å². The molecule has 0 spiro atoms. The molecule has 1 aliphatic rings. The smallest absolute Gasteiger partial charge is 0.475 e. The number of nitrogens with two attached hydrogens (primary N) is 1. The lowest BCUT2D eigenvalue weighted by Crippen LogP contribution is -2.36. The second kappa shape index (κ2) is 13.1. The number of rotatable bonds is 8. The molecule has 16 heteroatoms. The Hall–Kier alpha value is -4.99. The maximum absolute atomic E-state index is 10.9. The third kappa shape index (κ3) is 7.60. The Kier molecular flexibility index (Phi) is 9.36. The SMILES string of the molecule is Nc1nc(CCCNc2nc(-c3ccc(N4CCOCC4)cc3)cc3nccn23)ccc1[N+](=O)[O-].O=C(O)C(F)(F)F. The number of aliphatic carboxylic acids is 1. The van der Waals surface area contributed by atoms with Crippen LogP contribution < -0.4 is 16.0 Å². The van der Waals surface area contributed by atoms with Crippen molar-refractivity contribution in [3.8, 4) is 11.3 Å². The highest BCUT2D eigenvalue weighted by Gasteiger charge is 2.38. The molecule has 0 saturated carbocycles. The number of carboxylic acids is 1. The van der Waals surface area contributed by atoms with E-state index in [0.29, 0.717) is 24.6 Å². The topological polar surface area (TPSA) is 174 Å². The Labute approximate surface area is 236 Å². The third-order valence-corrected chi connectivity index (χ3v) is 6.22. The van der Waals surface area contributed by atoms with E-state index in [1.807, 2.05) is 16.7 Å². The van der Waals surface area contributed by atoms with Gasteiger partial charge >= 0.3 is 17.8 Å². The summed E-state index contributed by atoms with van der Waals surface area (Å²) in [6, 6.07) is 13.4. The molecule has 13 nitrogen and oxygen atoms in total. The van der Waals surface area contributed by atoms with Crippen LogP contribution in [0.1, 0.15) is 12.1 Å². The number of nitrogen functional groups attached to an aromatic ring is 1. The molecule has 1 aromatic carbocycles. The number of hydrogen-bond acceptors (Lipinski definition) is 10. The zero-order valence-electron chi connectivity index (χ0n) is 22.1. The van der Waals surface area contributed by atoms with E-state index >= 15 is 0 Å². The molecule has 222 valence electrons. The van der Waals surface area contributed by atoms with Crippen LogP contribution in [0.4, 0.5) is 36.3 Å². The summed E-state index contributed by atoms with van der Waals surface area (Å²) >= 11 is 0. The molecular formula is C26H27F3N8O5. The quantitative estimate of drug-likeness (QED) is 0.155. The lowest BCUT2D eigenvalue weighted by atomic mass is 10.1. The van der Waals surface area contributed by atoms with Crippen LogP contribution in [-0.2, 0) is 16.0 Å². The number of aryl methyl sites for hydroxylation is 1. The molecule has 5 rings (SSSR count). The summed E-state index contributed by atoms with van der Waals surface area (Å²) in [5, 5.41) is 21.4. The number of alkyl halides is 3. The fourth-order valence-corrected chi connectivity index (χ4v) is 4.13. The highest BCUT2D eigenvalue weighted by atomic mass is 19.4. The maximum Gasteiger partial charge on any atom is 0.490 e. The molecule has 0 atom stereocenters. The molecule has 0 bridgehead atoms. The summed E-state index contributed by atoms with van der Waals surface area (Å²) in [4.78, 5) is 35.0. The lowest BCUT2D eigenvalue weighted by molar-refractivity contribution is -0.384. The van der Waals surface area contributed by atoms with Crippen LogP contribution in [-0.4, -0.2) is 74.4 Å². The van der Waals surface area contributed by atoms with E-state index in [1.165, 1.54) is 11.8 Å². The monoisotopic (exact) mass is 588 g/mol. The minimum Gasteiger partial charge on any atom is -0.475 e. The number of carbonyl (C=O) groups is 1. The summed E-state index contributed by atoms with van der Waals surface area (Å²) in [6.45, 7) is 3.94. The number of nitro groups is 1. The summed E-state index contributed by atoms with van der Waals surface area (Å²) in [5.74, 6) is -2.12. The number of nitrogens with zero attached hydrogens (tertiary/aromatic N) is 6. The number of aromatic nitrogens is 4. The van der Waals surface area contributed by atoms with Gasteiger partial charge in [-0.2, -0.15) is 13.2 Å². The molecule has 4 N–H and O–H groups in total. The highest BCUT2D eigenvalue weighted by molar-refractivity contribution is 5.73. The van der Waals surface area contributed by atoms with Gasteiger partial charge in [0.1, 0.15) is 5.65 Å². The van der Waals surface area contributed by atoms with Crippen molar-refractivity contribution in [3.63, 3.8) is 0 Å². The molecule has 1 aliphatic heterocycles. The molecule has 4 heterocycles. The molecule has 4 aromatic rings. The Morgan fingerprint density at radius 3 is 2.45 bits per heavy atom. The van der Waals surface area contributed by atoms with E-state index < -0.39 is 17.1 Å². The average Bonchev–Trinajstić information content (AvgIpc) is 3.45.